The van der Waals surface area contributed by atoms with Gasteiger partial charge in [0.2, 0.25) is 0 Å². The Labute approximate surface area is 128 Å². The van der Waals surface area contributed by atoms with Crippen LogP contribution in [0, 0.1) is 5.92 Å². The summed E-state index contributed by atoms with van der Waals surface area (Å²) in [6.45, 7) is 0. The molecule has 0 aliphatic heterocycles. The molecule has 0 radical (unpaired) electrons. The van der Waals surface area contributed by atoms with Crippen molar-refractivity contribution >= 4 is 16.8 Å². The van der Waals surface area contributed by atoms with Gasteiger partial charge >= 0.3 is 0 Å². The number of phenolic OH excluding ortho intramolecular Hbond substituents is 1. The Kier molecular flexibility index (Phi) is 4.27. The summed E-state index contributed by atoms with van der Waals surface area (Å²) in [4.78, 5) is 24.3. The van der Waals surface area contributed by atoms with E-state index in [1.54, 1.807) is 0 Å². The standard InChI is InChI=1S/C18H20O4/c19-13-7-8-14-16(21)11-18(22-17(14)10-13)15(20)9-6-12-4-2-1-3-5-12/h7-8,10-12,19H,1-6,9H2. The molecular formula is C18H20O4. The number of hydrogen-bond acceptors (Lipinski definition) is 4. The maximum atomic E-state index is 12.3. The Morgan fingerprint density at radius 2 is 1.95 bits per heavy atom. The van der Waals surface area contributed by atoms with Gasteiger partial charge in [-0.3, -0.25) is 9.59 Å². The van der Waals surface area contributed by atoms with E-state index in [4.69, 9.17) is 4.42 Å². The van der Waals surface area contributed by atoms with Gasteiger partial charge in [-0.05, 0) is 24.5 Å². The van der Waals surface area contributed by atoms with E-state index < -0.39 is 0 Å². The van der Waals surface area contributed by atoms with E-state index >= 15 is 0 Å². The second-order valence-corrected chi connectivity index (χ2v) is 6.12. The molecule has 1 fully saturated rings. The number of aromatic hydroxyl groups is 1. The lowest BCUT2D eigenvalue weighted by atomic mass is 9.85. The van der Waals surface area contributed by atoms with Crippen molar-refractivity contribution < 1.29 is 14.3 Å². The average Bonchev–Trinajstić information content (AvgIpc) is 2.53. The van der Waals surface area contributed by atoms with Crippen molar-refractivity contribution in [3.63, 3.8) is 0 Å². The quantitative estimate of drug-likeness (QED) is 0.865. The van der Waals surface area contributed by atoms with Gasteiger partial charge in [0.1, 0.15) is 11.3 Å². The molecule has 0 spiro atoms. The number of benzene rings is 1. The molecule has 4 heteroatoms. The number of ketones is 1. The minimum absolute atomic E-state index is 0.0162. The highest BCUT2D eigenvalue weighted by Crippen LogP contribution is 2.28. The molecule has 1 heterocycles. The van der Waals surface area contributed by atoms with Crippen LogP contribution in [-0.2, 0) is 0 Å². The van der Waals surface area contributed by atoms with Gasteiger partial charge in [0.25, 0.3) is 0 Å². The monoisotopic (exact) mass is 300 g/mol. The zero-order valence-corrected chi connectivity index (χ0v) is 12.5. The lowest BCUT2D eigenvalue weighted by molar-refractivity contribution is 0.0943. The Bertz CT molecular complexity index is 738. The van der Waals surface area contributed by atoms with E-state index in [1.165, 1.54) is 56.4 Å². The minimum Gasteiger partial charge on any atom is -0.508 e. The SMILES string of the molecule is O=C(CCC1CCCCC1)c1cc(=O)c2ccc(O)cc2o1. The highest BCUT2D eigenvalue weighted by atomic mass is 16.3. The van der Waals surface area contributed by atoms with Gasteiger partial charge < -0.3 is 9.52 Å². The van der Waals surface area contributed by atoms with Gasteiger partial charge in [0, 0.05) is 18.6 Å². The van der Waals surface area contributed by atoms with Gasteiger partial charge in [-0.15, -0.1) is 0 Å². The fourth-order valence-electron chi connectivity index (χ4n) is 3.22. The predicted molar refractivity (Wildman–Crippen MR) is 84.3 cm³/mol. The van der Waals surface area contributed by atoms with E-state index in [0.29, 0.717) is 17.7 Å². The summed E-state index contributed by atoms with van der Waals surface area (Å²) < 4.78 is 5.52. The van der Waals surface area contributed by atoms with Crippen LogP contribution in [0.4, 0.5) is 0 Å². The minimum atomic E-state index is -0.248. The van der Waals surface area contributed by atoms with Crippen LogP contribution in [0.15, 0.2) is 33.5 Å². The van der Waals surface area contributed by atoms with Gasteiger partial charge in [-0.2, -0.15) is 0 Å². The summed E-state index contributed by atoms with van der Waals surface area (Å²) in [7, 11) is 0. The highest BCUT2D eigenvalue weighted by molar-refractivity contribution is 5.94. The Balaban J connectivity index is 1.77. The fraction of sp³-hybridized carbons (Fsp3) is 0.444. The van der Waals surface area contributed by atoms with E-state index in [2.05, 4.69) is 0 Å². The molecule has 1 aliphatic carbocycles. The van der Waals surface area contributed by atoms with E-state index in [1.807, 2.05) is 0 Å². The third-order valence-corrected chi connectivity index (χ3v) is 4.49. The summed E-state index contributed by atoms with van der Waals surface area (Å²) >= 11 is 0. The molecule has 1 aromatic carbocycles. The number of phenols is 1. The number of rotatable bonds is 4. The molecule has 0 saturated heterocycles. The lowest BCUT2D eigenvalue weighted by Crippen LogP contribution is -2.11. The molecule has 0 atom stereocenters. The predicted octanol–water partition coefficient (Wildman–Crippen LogP) is 4.04. The number of fused-ring (bicyclic) bond motifs is 1. The van der Waals surface area contributed by atoms with E-state index in [9.17, 15) is 14.7 Å². The second kappa shape index (κ2) is 6.34. The van der Waals surface area contributed by atoms with E-state index in [-0.39, 0.29) is 28.3 Å². The molecule has 116 valence electrons. The Morgan fingerprint density at radius 3 is 2.73 bits per heavy atom. The first kappa shape index (κ1) is 14.8. The summed E-state index contributed by atoms with van der Waals surface area (Å²) in [5.41, 5.74) is 0.00998. The summed E-state index contributed by atoms with van der Waals surface area (Å²) in [6, 6.07) is 5.58. The van der Waals surface area contributed by atoms with Crippen LogP contribution in [0.5, 0.6) is 5.75 Å². The van der Waals surface area contributed by atoms with Crippen molar-refractivity contribution in [3.8, 4) is 5.75 Å². The van der Waals surface area contributed by atoms with Gasteiger partial charge in [-0.1, -0.05) is 32.1 Å². The lowest BCUT2D eigenvalue weighted by Gasteiger charge is -2.20. The molecule has 2 aromatic rings. The van der Waals surface area contributed by atoms with Gasteiger partial charge in [-0.25, -0.2) is 0 Å². The molecule has 0 amide bonds. The Morgan fingerprint density at radius 1 is 1.18 bits per heavy atom. The molecule has 1 saturated carbocycles. The largest absolute Gasteiger partial charge is 0.508 e. The van der Waals surface area contributed by atoms with Crippen LogP contribution in [0.25, 0.3) is 11.0 Å². The van der Waals surface area contributed by atoms with Crippen molar-refractivity contribution in [2.75, 3.05) is 0 Å². The zero-order chi connectivity index (χ0) is 15.5. The molecule has 3 rings (SSSR count). The van der Waals surface area contributed by atoms with Crippen LogP contribution in [0.3, 0.4) is 0 Å². The van der Waals surface area contributed by atoms with Crippen LogP contribution in [0.2, 0.25) is 0 Å². The molecule has 1 aromatic heterocycles. The first-order chi connectivity index (χ1) is 10.6. The van der Waals surface area contributed by atoms with Crippen LogP contribution in [-0.4, -0.2) is 10.9 Å². The molecular weight excluding hydrogens is 280 g/mol. The highest BCUT2D eigenvalue weighted by Gasteiger charge is 2.17. The molecule has 22 heavy (non-hydrogen) atoms. The summed E-state index contributed by atoms with van der Waals surface area (Å²) in [5, 5.41) is 9.85. The molecule has 4 nitrogen and oxygen atoms in total. The van der Waals surface area contributed by atoms with Crippen molar-refractivity contribution in [3.05, 3.63) is 40.2 Å². The van der Waals surface area contributed by atoms with Crippen LogP contribution in [0.1, 0.15) is 55.5 Å². The van der Waals surface area contributed by atoms with E-state index in [0.717, 1.165) is 6.42 Å². The molecule has 0 unspecified atom stereocenters. The maximum Gasteiger partial charge on any atom is 0.198 e. The van der Waals surface area contributed by atoms with Crippen LogP contribution < -0.4 is 5.43 Å². The second-order valence-electron chi connectivity index (χ2n) is 6.12. The molecule has 1 aliphatic rings. The maximum absolute atomic E-state index is 12.3. The van der Waals surface area contributed by atoms with Crippen molar-refractivity contribution in [1.29, 1.82) is 0 Å². The number of hydrogen-bond donors (Lipinski definition) is 1. The fourth-order valence-corrected chi connectivity index (χ4v) is 3.22. The third-order valence-electron chi connectivity index (χ3n) is 4.49. The summed E-state index contributed by atoms with van der Waals surface area (Å²) in [5.74, 6) is 0.600. The molecule has 0 bridgehead atoms. The van der Waals surface area contributed by atoms with Crippen molar-refractivity contribution in [2.45, 2.75) is 44.9 Å². The van der Waals surface area contributed by atoms with Crippen molar-refractivity contribution in [2.24, 2.45) is 5.92 Å². The number of Topliss-reactive ketones (excluding diaryl/α,β-unsaturated/α-hetero) is 1. The first-order valence-corrected chi connectivity index (χ1v) is 7.93. The van der Waals surface area contributed by atoms with Crippen molar-refractivity contribution in [1.82, 2.24) is 0 Å². The molecule has 1 N–H and O–H groups in total. The zero-order valence-electron chi connectivity index (χ0n) is 12.5. The normalized spacial score (nSPS) is 16.0. The van der Waals surface area contributed by atoms with Gasteiger partial charge in [0.05, 0.1) is 5.39 Å². The van der Waals surface area contributed by atoms with Crippen LogP contribution >= 0.6 is 0 Å². The number of carbonyl (C=O) groups is 1. The van der Waals surface area contributed by atoms with Gasteiger partial charge in [0.15, 0.2) is 17.0 Å². The topological polar surface area (TPSA) is 67.5 Å². The summed E-state index contributed by atoms with van der Waals surface area (Å²) in [6.07, 6.45) is 7.48. The number of carbonyl (C=O) groups excluding carboxylic acids is 1. The Hall–Kier alpha value is -2.10. The first-order valence-electron chi connectivity index (χ1n) is 7.93. The smallest absolute Gasteiger partial charge is 0.198 e. The third kappa shape index (κ3) is 3.21. The average molecular weight is 300 g/mol.